The molecule has 15 heteroatoms. The third kappa shape index (κ3) is 35.5. The van der Waals surface area contributed by atoms with Gasteiger partial charge in [0.25, 0.3) is 0 Å². The van der Waals surface area contributed by atoms with Gasteiger partial charge >= 0.3 is 5.97 Å². The fourth-order valence-electron chi connectivity index (χ4n) is 3.46. The van der Waals surface area contributed by atoms with E-state index in [0.29, 0.717) is 159 Å². The van der Waals surface area contributed by atoms with Gasteiger partial charge < -0.3 is 66.7 Å². The highest BCUT2D eigenvalue weighted by atomic mass is 16.6. The Morgan fingerprint density at radius 2 is 0.583 bits per heavy atom. The minimum atomic E-state index is -0.997. The molecule has 280 valence electrons. The molecule has 0 amide bonds. The first-order valence-corrected chi connectivity index (χ1v) is 16.6. The molecule has 1 rings (SSSR count). The van der Waals surface area contributed by atoms with E-state index < -0.39 is 5.97 Å². The number of ether oxygens (including phenoxy) is 13. The van der Waals surface area contributed by atoms with Crippen LogP contribution in [-0.4, -0.2) is 176 Å². The zero-order valence-electron chi connectivity index (χ0n) is 28.4. The molecule has 0 fully saturated rings. The standard InChI is InChI=1S/C33H58O15/c34-33(35)31-48-29-27-46-25-23-44-21-19-42-17-15-40-13-11-38-9-7-36-6-8-37-10-12-39-14-16-41-18-20-43-22-24-45-26-28-47-30-32-4-2-1-3-5-32/h1-5H,6-31H2,(H,34,35). The molecular weight excluding hydrogens is 636 g/mol. The molecule has 0 spiro atoms. The second-order valence-electron chi connectivity index (χ2n) is 9.72. The van der Waals surface area contributed by atoms with Gasteiger partial charge in [0.2, 0.25) is 0 Å². The van der Waals surface area contributed by atoms with Crippen LogP contribution in [0.5, 0.6) is 0 Å². The van der Waals surface area contributed by atoms with E-state index in [-0.39, 0.29) is 13.2 Å². The molecule has 0 atom stereocenters. The van der Waals surface area contributed by atoms with E-state index in [1.165, 1.54) is 0 Å². The molecule has 0 saturated heterocycles. The van der Waals surface area contributed by atoms with Crippen molar-refractivity contribution >= 4 is 5.97 Å². The first kappa shape index (κ1) is 44.2. The summed E-state index contributed by atoms with van der Waals surface area (Å²) in [6.07, 6.45) is 0. The van der Waals surface area contributed by atoms with Crippen LogP contribution >= 0.6 is 0 Å². The molecular formula is C33H58O15. The summed E-state index contributed by atoms with van der Waals surface area (Å²) < 4.78 is 70.2. The molecule has 0 bridgehead atoms. The topological polar surface area (TPSA) is 157 Å². The summed E-state index contributed by atoms with van der Waals surface area (Å²) in [5.41, 5.74) is 1.15. The zero-order valence-corrected chi connectivity index (χ0v) is 28.4. The van der Waals surface area contributed by atoms with E-state index in [0.717, 1.165) is 5.56 Å². The van der Waals surface area contributed by atoms with Crippen LogP contribution in [0.25, 0.3) is 0 Å². The van der Waals surface area contributed by atoms with Gasteiger partial charge in [-0.25, -0.2) is 4.79 Å². The maximum atomic E-state index is 10.3. The maximum Gasteiger partial charge on any atom is 0.329 e. The quantitative estimate of drug-likeness (QED) is 0.0985. The van der Waals surface area contributed by atoms with Crippen molar-refractivity contribution in [1.82, 2.24) is 0 Å². The van der Waals surface area contributed by atoms with Crippen LogP contribution < -0.4 is 0 Å². The minimum absolute atomic E-state index is 0.240. The number of aliphatic carboxylic acids is 1. The molecule has 0 heterocycles. The third-order valence-electron chi connectivity index (χ3n) is 5.80. The fourth-order valence-corrected chi connectivity index (χ4v) is 3.46. The molecule has 1 aromatic carbocycles. The Kier molecular flexibility index (Phi) is 35.0. The molecule has 1 N–H and O–H groups in total. The van der Waals surface area contributed by atoms with Crippen molar-refractivity contribution in [3.8, 4) is 0 Å². The number of benzene rings is 1. The van der Waals surface area contributed by atoms with Crippen molar-refractivity contribution in [2.45, 2.75) is 6.61 Å². The van der Waals surface area contributed by atoms with Gasteiger partial charge in [-0.1, -0.05) is 30.3 Å². The molecule has 0 aliphatic carbocycles. The van der Waals surface area contributed by atoms with E-state index >= 15 is 0 Å². The van der Waals surface area contributed by atoms with E-state index in [1.54, 1.807) is 0 Å². The van der Waals surface area contributed by atoms with Gasteiger partial charge in [-0.2, -0.15) is 0 Å². The summed E-state index contributed by atoms with van der Waals surface area (Å²) >= 11 is 0. The zero-order chi connectivity index (χ0) is 34.3. The predicted octanol–water partition coefficient (Wildman–Crippen LogP) is 1.49. The van der Waals surface area contributed by atoms with Crippen molar-refractivity contribution in [2.24, 2.45) is 0 Å². The molecule has 1 aromatic rings. The molecule has 0 aliphatic rings. The van der Waals surface area contributed by atoms with Crippen molar-refractivity contribution in [2.75, 3.05) is 165 Å². The van der Waals surface area contributed by atoms with Crippen LogP contribution in [-0.2, 0) is 73.0 Å². The molecule has 0 aliphatic heterocycles. The number of carbonyl (C=O) groups is 1. The van der Waals surface area contributed by atoms with Gasteiger partial charge in [0.15, 0.2) is 0 Å². The molecule has 0 unspecified atom stereocenters. The normalized spacial score (nSPS) is 11.4. The van der Waals surface area contributed by atoms with Gasteiger partial charge in [0, 0.05) is 0 Å². The number of carboxylic acid groups (broad SMARTS) is 1. The Hall–Kier alpha value is -1.83. The second-order valence-corrected chi connectivity index (χ2v) is 9.72. The van der Waals surface area contributed by atoms with Crippen LogP contribution in [0, 0.1) is 0 Å². The van der Waals surface area contributed by atoms with Crippen molar-refractivity contribution < 1.29 is 71.5 Å². The Balaban J connectivity index is 1.61. The SMILES string of the molecule is O=C(O)COCCOCCOCCOCCOCCOCCOCCOCCOCCOCCOCCOCCOCc1ccccc1. The monoisotopic (exact) mass is 694 g/mol. The van der Waals surface area contributed by atoms with Crippen LogP contribution in [0.4, 0.5) is 0 Å². The van der Waals surface area contributed by atoms with Crippen LogP contribution in [0.15, 0.2) is 30.3 Å². The van der Waals surface area contributed by atoms with Gasteiger partial charge in [-0.3, -0.25) is 0 Å². The Morgan fingerprint density at radius 3 is 0.833 bits per heavy atom. The number of carboxylic acids is 1. The van der Waals surface area contributed by atoms with Crippen LogP contribution in [0.1, 0.15) is 5.56 Å². The Labute approximate surface area is 285 Å². The lowest BCUT2D eigenvalue weighted by molar-refractivity contribution is -0.142. The van der Waals surface area contributed by atoms with Crippen molar-refractivity contribution in [1.29, 1.82) is 0 Å². The molecule has 0 radical (unpaired) electrons. The van der Waals surface area contributed by atoms with Gasteiger partial charge in [-0.15, -0.1) is 0 Å². The minimum Gasteiger partial charge on any atom is -0.480 e. The largest absolute Gasteiger partial charge is 0.480 e. The lowest BCUT2D eigenvalue weighted by Gasteiger charge is -2.09. The van der Waals surface area contributed by atoms with Gasteiger partial charge in [0.05, 0.1) is 165 Å². The molecule has 15 nitrogen and oxygen atoms in total. The molecule has 0 saturated carbocycles. The number of rotatable bonds is 40. The second kappa shape index (κ2) is 38.0. The summed E-state index contributed by atoms with van der Waals surface area (Å²) in [4.78, 5) is 10.3. The average molecular weight is 695 g/mol. The highest BCUT2D eigenvalue weighted by molar-refractivity contribution is 5.67. The highest BCUT2D eigenvalue weighted by Crippen LogP contribution is 2.00. The maximum absolute atomic E-state index is 10.3. The van der Waals surface area contributed by atoms with Crippen LogP contribution in [0.3, 0.4) is 0 Å². The summed E-state index contributed by atoms with van der Waals surface area (Å²) in [5.74, 6) is -0.997. The first-order chi connectivity index (χ1) is 23.8. The average Bonchev–Trinajstić information content (AvgIpc) is 3.09. The fraction of sp³-hybridized carbons (Fsp3) is 0.788. The number of hydrogen-bond donors (Lipinski definition) is 1. The first-order valence-electron chi connectivity index (χ1n) is 16.6. The van der Waals surface area contributed by atoms with Crippen molar-refractivity contribution in [3.63, 3.8) is 0 Å². The predicted molar refractivity (Wildman–Crippen MR) is 174 cm³/mol. The Morgan fingerprint density at radius 1 is 0.354 bits per heavy atom. The summed E-state index contributed by atoms with van der Waals surface area (Å²) in [5, 5.41) is 8.43. The lowest BCUT2D eigenvalue weighted by Crippen LogP contribution is -2.15. The summed E-state index contributed by atoms with van der Waals surface area (Å²) in [6.45, 7) is 11.7. The van der Waals surface area contributed by atoms with Crippen LogP contribution in [0.2, 0.25) is 0 Å². The lowest BCUT2D eigenvalue weighted by atomic mass is 10.2. The van der Waals surface area contributed by atoms with Crippen molar-refractivity contribution in [3.05, 3.63) is 35.9 Å². The van der Waals surface area contributed by atoms with E-state index in [1.807, 2.05) is 30.3 Å². The van der Waals surface area contributed by atoms with Gasteiger partial charge in [0.1, 0.15) is 6.61 Å². The smallest absolute Gasteiger partial charge is 0.329 e. The molecule has 0 aromatic heterocycles. The third-order valence-corrected chi connectivity index (χ3v) is 5.80. The Bertz CT molecular complexity index is 775. The highest BCUT2D eigenvalue weighted by Gasteiger charge is 1.98. The van der Waals surface area contributed by atoms with E-state index in [4.69, 9.17) is 66.7 Å². The summed E-state index contributed by atoms with van der Waals surface area (Å²) in [7, 11) is 0. The molecule has 48 heavy (non-hydrogen) atoms. The summed E-state index contributed by atoms with van der Waals surface area (Å²) in [6, 6.07) is 10.1. The number of hydrogen-bond acceptors (Lipinski definition) is 14. The van der Waals surface area contributed by atoms with E-state index in [2.05, 4.69) is 0 Å². The van der Waals surface area contributed by atoms with Gasteiger partial charge in [-0.05, 0) is 5.56 Å². The van der Waals surface area contributed by atoms with E-state index in [9.17, 15) is 4.79 Å².